The molecule has 0 spiro atoms. The zero-order valence-corrected chi connectivity index (χ0v) is 15.5. The number of hydrogen-bond donors (Lipinski definition) is 1. The first-order valence-electron chi connectivity index (χ1n) is 9.55. The molecule has 9 heteroatoms. The molecule has 4 rings (SSSR count). The molecular weight excluding hydrogens is 362 g/mol. The number of hydrogen-bond acceptors (Lipinski definition) is 6. The normalized spacial score (nSPS) is 17.6. The minimum atomic E-state index is -0.512. The zero-order valence-electron chi connectivity index (χ0n) is 15.5. The molecule has 2 aromatic rings. The Morgan fingerprint density at radius 3 is 2.71 bits per heavy atom. The van der Waals surface area contributed by atoms with Gasteiger partial charge < -0.3 is 20.2 Å². The fourth-order valence-electron chi connectivity index (χ4n) is 3.38. The summed E-state index contributed by atoms with van der Waals surface area (Å²) in [5, 5.41) is 13.9. The van der Waals surface area contributed by atoms with Gasteiger partial charge in [0.1, 0.15) is 12.8 Å². The van der Waals surface area contributed by atoms with E-state index in [4.69, 9.17) is 4.74 Å². The molecule has 1 aliphatic heterocycles. The number of carbonyl (C=O) groups excluding carboxylic acids is 1. The van der Waals surface area contributed by atoms with Crippen molar-refractivity contribution in [3.8, 4) is 6.01 Å². The minimum absolute atomic E-state index is 0.00913. The van der Waals surface area contributed by atoms with Gasteiger partial charge in [-0.2, -0.15) is 0 Å². The van der Waals surface area contributed by atoms with E-state index >= 15 is 0 Å². The molecule has 1 fully saturated rings. The molecule has 28 heavy (non-hydrogen) atoms. The van der Waals surface area contributed by atoms with Crippen molar-refractivity contribution in [1.82, 2.24) is 19.8 Å². The highest BCUT2D eigenvalue weighted by Gasteiger charge is 2.23. The molecule has 148 valence electrons. The SMILES string of the molecule is O=C(NC1CCC1)c1ccc(CN2CCOc3nc([N+](=O)[O-])cn3CC2)cc1. The Labute approximate surface area is 162 Å². The number of aromatic nitrogens is 2. The van der Waals surface area contributed by atoms with Gasteiger partial charge in [0.25, 0.3) is 5.91 Å². The summed E-state index contributed by atoms with van der Waals surface area (Å²) in [6.45, 7) is 3.13. The molecule has 0 bridgehead atoms. The Hall–Kier alpha value is -2.94. The average Bonchev–Trinajstić information content (AvgIpc) is 3.03. The van der Waals surface area contributed by atoms with Gasteiger partial charge >= 0.3 is 11.8 Å². The number of benzene rings is 1. The molecule has 0 radical (unpaired) electrons. The molecule has 1 saturated carbocycles. The first kappa shape index (κ1) is 18.4. The molecular formula is C19H23N5O4. The summed E-state index contributed by atoms with van der Waals surface area (Å²) in [5.41, 5.74) is 1.79. The Morgan fingerprint density at radius 2 is 2.04 bits per heavy atom. The number of ether oxygens (including phenoxy) is 1. The summed E-state index contributed by atoms with van der Waals surface area (Å²) in [6, 6.07) is 8.30. The lowest BCUT2D eigenvalue weighted by atomic mass is 9.93. The maximum absolute atomic E-state index is 12.2. The Bertz CT molecular complexity index is 860. The summed E-state index contributed by atoms with van der Waals surface area (Å²) in [7, 11) is 0. The summed E-state index contributed by atoms with van der Waals surface area (Å²) in [4.78, 5) is 28.7. The summed E-state index contributed by atoms with van der Waals surface area (Å²) in [5.74, 6) is -0.204. The number of nitrogens with zero attached hydrogens (tertiary/aromatic N) is 4. The number of carbonyl (C=O) groups is 1. The molecule has 0 unspecified atom stereocenters. The minimum Gasteiger partial charge on any atom is -0.444 e. The van der Waals surface area contributed by atoms with E-state index in [1.165, 1.54) is 12.6 Å². The number of rotatable bonds is 5. The molecule has 1 aromatic heterocycles. The highest BCUT2D eigenvalue weighted by Crippen LogP contribution is 2.20. The van der Waals surface area contributed by atoms with Crippen LogP contribution in [0.15, 0.2) is 30.5 Å². The van der Waals surface area contributed by atoms with Gasteiger partial charge in [-0.15, -0.1) is 0 Å². The Morgan fingerprint density at radius 1 is 1.25 bits per heavy atom. The van der Waals surface area contributed by atoms with Crippen molar-refractivity contribution in [2.45, 2.75) is 38.4 Å². The Kier molecular flexibility index (Phi) is 5.25. The second kappa shape index (κ2) is 7.97. The van der Waals surface area contributed by atoms with Crippen molar-refractivity contribution in [3.63, 3.8) is 0 Å². The molecule has 1 aromatic carbocycles. The highest BCUT2D eigenvalue weighted by atomic mass is 16.6. The van der Waals surface area contributed by atoms with Crippen LogP contribution in [0.3, 0.4) is 0 Å². The van der Waals surface area contributed by atoms with Gasteiger partial charge in [0.15, 0.2) is 0 Å². The number of amides is 1. The van der Waals surface area contributed by atoms with Crippen molar-refractivity contribution in [3.05, 3.63) is 51.7 Å². The van der Waals surface area contributed by atoms with Gasteiger partial charge in [-0.25, -0.2) is 0 Å². The predicted molar refractivity (Wildman–Crippen MR) is 101 cm³/mol. The third-order valence-electron chi connectivity index (χ3n) is 5.27. The fourth-order valence-corrected chi connectivity index (χ4v) is 3.38. The summed E-state index contributed by atoms with van der Waals surface area (Å²) >= 11 is 0. The van der Waals surface area contributed by atoms with Crippen LogP contribution in [0.5, 0.6) is 6.01 Å². The van der Waals surface area contributed by atoms with Crippen molar-refractivity contribution < 1.29 is 14.5 Å². The quantitative estimate of drug-likeness (QED) is 0.624. The second-order valence-electron chi connectivity index (χ2n) is 7.26. The third-order valence-corrected chi connectivity index (χ3v) is 5.27. The number of nitrogens with one attached hydrogen (secondary N) is 1. The maximum Gasteiger partial charge on any atom is 0.414 e. The Balaban J connectivity index is 1.34. The van der Waals surface area contributed by atoms with Crippen LogP contribution in [0, 0.1) is 10.1 Å². The highest BCUT2D eigenvalue weighted by molar-refractivity contribution is 5.94. The van der Waals surface area contributed by atoms with Crippen LogP contribution < -0.4 is 10.1 Å². The monoisotopic (exact) mass is 385 g/mol. The third kappa shape index (κ3) is 4.14. The zero-order chi connectivity index (χ0) is 19.5. The van der Waals surface area contributed by atoms with Crippen molar-refractivity contribution >= 4 is 11.7 Å². The molecule has 0 atom stereocenters. The van der Waals surface area contributed by atoms with Gasteiger partial charge in [-0.1, -0.05) is 12.1 Å². The van der Waals surface area contributed by atoms with E-state index < -0.39 is 4.92 Å². The van der Waals surface area contributed by atoms with Crippen LogP contribution in [-0.4, -0.2) is 51.0 Å². The lowest BCUT2D eigenvalue weighted by Gasteiger charge is -2.26. The van der Waals surface area contributed by atoms with Crippen LogP contribution in [0.2, 0.25) is 0 Å². The lowest BCUT2D eigenvalue weighted by molar-refractivity contribution is -0.389. The van der Waals surface area contributed by atoms with Gasteiger partial charge in [0, 0.05) is 42.8 Å². The average molecular weight is 385 g/mol. The molecule has 1 N–H and O–H groups in total. The van der Waals surface area contributed by atoms with E-state index in [2.05, 4.69) is 15.2 Å². The molecule has 2 aliphatic rings. The number of nitro groups is 1. The van der Waals surface area contributed by atoms with Crippen LogP contribution in [-0.2, 0) is 13.1 Å². The van der Waals surface area contributed by atoms with E-state index in [0.29, 0.717) is 37.3 Å². The van der Waals surface area contributed by atoms with Gasteiger partial charge in [0.2, 0.25) is 0 Å². The van der Waals surface area contributed by atoms with Gasteiger partial charge in [0.05, 0.1) is 0 Å². The predicted octanol–water partition coefficient (Wildman–Crippen LogP) is 1.97. The standard InChI is InChI=1S/C19H23N5O4/c25-18(20-16-2-1-3-16)15-6-4-14(5-7-15)12-22-8-9-23-13-17(24(26)27)21-19(23)28-11-10-22/h4-7,13,16H,1-3,8-12H2,(H,20,25). The molecule has 0 saturated heterocycles. The van der Waals surface area contributed by atoms with E-state index in [1.807, 2.05) is 24.3 Å². The van der Waals surface area contributed by atoms with Crippen molar-refractivity contribution in [1.29, 1.82) is 0 Å². The van der Waals surface area contributed by atoms with Crippen LogP contribution in [0.25, 0.3) is 0 Å². The molecule has 1 amide bonds. The van der Waals surface area contributed by atoms with Crippen molar-refractivity contribution in [2.75, 3.05) is 19.7 Å². The first-order chi connectivity index (χ1) is 13.6. The fraction of sp³-hybridized carbons (Fsp3) is 0.474. The first-order valence-corrected chi connectivity index (χ1v) is 9.55. The van der Waals surface area contributed by atoms with Crippen LogP contribution >= 0.6 is 0 Å². The smallest absolute Gasteiger partial charge is 0.414 e. The molecule has 9 nitrogen and oxygen atoms in total. The van der Waals surface area contributed by atoms with E-state index in [1.54, 1.807) is 4.57 Å². The van der Waals surface area contributed by atoms with E-state index in [0.717, 1.165) is 31.5 Å². The summed E-state index contributed by atoms with van der Waals surface area (Å²) in [6.07, 6.45) is 4.75. The van der Waals surface area contributed by atoms with Gasteiger partial charge in [-0.3, -0.25) is 14.3 Å². The second-order valence-corrected chi connectivity index (χ2v) is 7.26. The maximum atomic E-state index is 12.2. The topological polar surface area (TPSA) is 103 Å². The van der Waals surface area contributed by atoms with Crippen LogP contribution in [0.4, 0.5) is 5.82 Å². The largest absolute Gasteiger partial charge is 0.444 e. The number of fused-ring (bicyclic) bond motifs is 1. The molecule has 1 aliphatic carbocycles. The summed E-state index contributed by atoms with van der Waals surface area (Å²) < 4.78 is 7.26. The van der Waals surface area contributed by atoms with E-state index in [9.17, 15) is 14.9 Å². The molecule has 2 heterocycles. The number of imidazole rings is 1. The van der Waals surface area contributed by atoms with Crippen LogP contribution in [0.1, 0.15) is 35.2 Å². The van der Waals surface area contributed by atoms with Gasteiger partial charge in [-0.05, 0) is 41.9 Å². The lowest BCUT2D eigenvalue weighted by Crippen LogP contribution is -2.39. The van der Waals surface area contributed by atoms with E-state index in [-0.39, 0.29) is 11.7 Å². The van der Waals surface area contributed by atoms with Crippen molar-refractivity contribution in [2.24, 2.45) is 0 Å².